The number of nitrogens with zero attached hydrogens (tertiary/aromatic N) is 1. The van der Waals surface area contributed by atoms with Gasteiger partial charge in [0.05, 0.1) is 6.04 Å². The van der Waals surface area contributed by atoms with Gasteiger partial charge in [-0.05, 0) is 47.9 Å². The van der Waals surface area contributed by atoms with Gasteiger partial charge in [0.1, 0.15) is 5.82 Å². The van der Waals surface area contributed by atoms with Crippen LogP contribution in [0, 0.1) is 12.7 Å². The molecule has 1 amide bonds. The van der Waals surface area contributed by atoms with Gasteiger partial charge in [0.15, 0.2) is 5.76 Å². The van der Waals surface area contributed by atoms with Crippen molar-refractivity contribution >= 4 is 27.4 Å². The minimum atomic E-state index is -0.451. The van der Waals surface area contributed by atoms with Crippen molar-refractivity contribution in [2.75, 3.05) is 0 Å². The van der Waals surface area contributed by atoms with Crippen molar-refractivity contribution in [1.82, 2.24) is 4.90 Å². The second-order valence-corrected chi connectivity index (χ2v) is 8.06. The van der Waals surface area contributed by atoms with Gasteiger partial charge in [-0.15, -0.1) is 0 Å². The van der Waals surface area contributed by atoms with Crippen LogP contribution in [0.25, 0.3) is 5.57 Å². The quantitative estimate of drug-likeness (QED) is 0.532. The summed E-state index contributed by atoms with van der Waals surface area (Å²) < 4.78 is 14.2. The molecule has 0 saturated heterocycles. The fraction of sp³-hybridized carbons (Fsp3) is 0.125. The minimum Gasteiger partial charge on any atom is -0.503 e. The van der Waals surface area contributed by atoms with Crippen molar-refractivity contribution in [3.63, 3.8) is 0 Å². The average molecular weight is 452 g/mol. The molecule has 5 heteroatoms. The Kier molecular flexibility index (Phi) is 5.24. The molecule has 1 aliphatic heterocycles. The Morgan fingerprint density at radius 1 is 1.03 bits per heavy atom. The van der Waals surface area contributed by atoms with Crippen LogP contribution in [0.2, 0.25) is 0 Å². The summed E-state index contributed by atoms with van der Waals surface area (Å²) in [6.07, 6.45) is 0. The molecule has 1 aliphatic rings. The lowest BCUT2D eigenvalue weighted by atomic mass is 9.93. The fourth-order valence-electron chi connectivity index (χ4n) is 3.65. The molecule has 3 nitrogen and oxygen atoms in total. The topological polar surface area (TPSA) is 40.5 Å². The standard InChI is InChI=1S/C24H19BrFNO2/c1-15-5-9-17(10-6-15)21-22(18-3-2-4-19(25)13-18)27(24(29)23(21)28)14-16-7-11-20(26)12-8-16/h2-13,22,28H,14H2,1H3. The van der Waals surface area contributed by atoms with E-state index in [0.29, 0.717) is 5.57 Å². The second kappa shape index (κ2) is 7.84. The van der Waals surface area contributed by atoms with Crippen LogP contribution in [0.15, 0.2) is 83.0 Å². The van der Waals surface area contributed by atoms with Crippen LogP contribution in [-0.4, -0.2) is 15.9 Å². The van der Waals surface area contributed by atoms with Crippen LogP contribution in [0.4, 0.5) is 4.39 Å². The number of rotatable bonds is 4. The van der Waals surface area contributed by atoms with Crippen molar-refractivity contribution < 1.29 is 14.3 Å². The van der Waals surface area contributed by atoms with E-state index in [4.69, 9.17) is 0 Å². The summed E-state index contributed by atoms with van der Waals surface area (Å²) in [4.78, 5) is 14.7. The lowest BCUT2D eigenvalue weighted by molar-refractivity contribution is -0.130. The van der Waals surface area contributed by atoms with E-state index in [1.54, 1.807) is 17.0 Å². The Labute approximate surface area is 177 Å². The maximum Gasteiger partial charge on any atom is 0.290 e. The predicted octanol–water partition coefficient (Wildman–Crippen LogP) is 5.95. The Morgan fingerprint density at radius 2 is 1.72 bits per heavy atom. The summed E-state index contributed by atoms with van der Waals surface area (Å²) >= 11 is 3.50. The molecule has 0 radical (unpaired) electrons. The number of aliphatic hydroxyl groups excluding tert-OH is 1. The first-order valence-corrected chi connectivity index (χ1v) is 10.0. The molecular formula is C24H19BrFNO2. The highest BCUT2D eigenvalue weighted by atomic mass is 79.9. The zero-order valence-corrected chi connectivity index (χ0v) is 17.4. The zero-order valence-electron chi connectivity index (χ0n) is 15.8. The van der Waals surface area contributed by atoms with Crippen molar-refractivity contribution in [2.45, 2.75) is 19.5 Å². The summed E-state index contributed by atoms with van der Waals surface area (Å²) in [6.45, 7) is 2.25. The molecule has 1 N–H and O–H groups in total. The molecule has 29 heavy (non-hydrogen) atoms. The number of aryl methyl sites for hydroxylation is 1. The number of carbonyl (C=O) groups is 1. The van der Waals surface area contributed by atoms with Crippen LogP contribution in [0.1, 0.15) is 28.3 Å². The molecule has 0 fully saturated rings. The molecule has 0 saturated carbocycles. The van der Waals surface area contributed by atoms with Gasteiger partial charge < -0.3 is 10.0 Å². The van der Waals surface area contributed by atoms with Crippen LogP contribution >= 0.6 is 15.9 Å². The number of amides is 1. The smallest absolute Gasteiger partial charge is 0.290 e. The van der Waals surface area contributed by atoms with Crippen molar-refractivity contribution in [3.8, 4) is 0 Å². The number of carbonyl (C=O) groups excluding carboxylic acids is 1. The Morgan fingerprint density at radius 3 is 2.38 bits per heavy atom. The van der Waals surface area contributed by atoms with E-state index in [1.165, 1.54) is 12.1 Å². The van der Waals surface area contributed by atoms with E-state index in [1.807, 2.05) is 55.5 Å². The minimum absolute atomic E-state index is 0.249. The van der Waals surface area contributed by atoms with Crippen LogP contribution in [0.3, 0.4) is 0 Å². The summed E-state index contributed by atoms with van der Waals surface area (Å²) in [5.41, 5.74) is 4.15. The van der Waals surface area contributed by atoms with Crippen molar-refractivity contribution in [1.29, 1.82) is 0 Å². The van der Waals surface area contributed by atoms with Gasteiger partial charge in [-0.3, -0.25) is 4.79 Å². The highest BCUT2D eigenvalue weighted by Gasteiger charge is 2.41. The van der Waals surface area contributed by atoms with Crippen LogP contribution in [0.5, 0.6) is 0 Å². The van der Waals surface area contributed by atoms with E-state index < -0.39 is 11.9 Å². The number of aliphatic hydroxyl groups is 1. The molecular weight excluding hydrogens is 433 g/mol. The summed E-state index contributed by atoms with van der Waals surface area (Å²) in [5, 5.41) is 10.8. The maximum atomic E-state index is 13.3. The largest absolute Gasteiger partial charge is 0.503 e. The van der Waals surface area contributed by atoms with Crippen molar-refractivity contribution in [3.05, 3.63) is 111 Å². The molecule has 1 heterocycles. The molecule has 4 rings (SSSR count). The predicted molar refractivity (Wildman–Crippen MR) is 115 cm³/mol. The second-order valence-electron chi connectivity index (χ2n) is 7.15. The van der Waals surface area contributed by atoms with E-state index in [-0.39, 0.29) is 18.1 Å². The van der Waals surface area contributed by atoms with E-state index in [2.05, 4.69) is 15.9 Å². The van der Waals surface area contributed by atoms with Gasteiger partial charge in [-0.2, -0.15) is 0 Å². The third kappa shape index (κ3) is 3.83. The normalized spacial score (nSPS) is 16.6. The molecule has 3 aromatic rings. The molecule has 0 aliphatic carbocycles. The maximum absolute atomic E-state index is 13.3. The SMILES string of the molecule is Cc1ccc(C2=C(O)C(=O)N(Cc3ccc(F)cc3)C2c2cccc(Br)c2)cc1. The lowest BCUT2D eigenvalue weighted by Gasteiger charge is -2.27. The van der Waals surface area contributed by atoms with Gasteiger partial charge in [-0.25, -0.2) is 4.39 Å². The zero-order chi connectivity index (χ0) is 20.5. The van der Waals surface area contributed by atoms with Gasteiger partial charge in [0.2, 0.25) is 0 Å². The first-order valence-electron chi connectivity index (χ1n) is 9.25. The molecule has 1 atom stereocenters. The number of halogens is 2. The van der Waals surface area contributed by atoms with E-state index in [9.17, 15) is 14.3 Å². The number of hydrogen-bond acceptors (Lipinski definition) is 2. The third-order valence-electron chi connectivity index (χ3n) is 5.10. The monoisotopic (exact) mass is 451 g/mol. The van der Waals surface area contributed by atoms with Gasteiger partial charge in [-0.1, -0.05) is 70.0 Å². The highest BCUT2D eigenvalue weighted by molar-refractivity contribution is 9.10. The number of benzene rings is 3. The van der Waals surface area contributed by atoms with E-state index >= 15 is 0 Å². The van der Waals surface area contributed by atoms with Crippen LogP contribution < -0.4 is 0 Å². The third-order valence-corrected chi connectivity index (χ3v) is 5.59. The Hall–Kier alpha value is -2.92. The Balaban J connectivity index is 1.81. The fourth-order valence-corrected chi connectivity index (χ4v) is 4.07. The first kappa shape index (κ1) is 19.4. The molecule has 0 bridgehead atoms. The van der Waals surface area contributed by atoms with Gasteiger partial charge >= 0.3 is 0 Å². The molecule has 0 spiro atoms. The Bertz CT molecular complexity index is 1090. The summed E-state index contributed by atoms with van der Waals surface area (Å²) in [6, 6.07) is 21.1. The number of hydrogen-bond donors (Lipinski definition) is 1. The summed E-state index contributed by atoms with van der Waals surface area (Å²) in [5.74, 6) is -1.01. The molecule has 0 aromatic heterocycles. The van der Waals surface area contributed by atoms with Crippen molar-refractivity contribution in [2.24, 2.45) is 0 Å². The molecule has 146 valence electrons. The highest BCUT2D eigenvalue weighted by Crippen LogP contribution is 2.44. The van der Waals surface area contributed by atoms with Gasteiger partial charge in [0, 0.05) is 16.6 Å². The molecule has 1 unspecified atom stereocenters. The van der Waals surface area contributed by atoms with E-state index in [0.717, 1.165) is 26.7 Å². The van der Waals surface area contributed by atoms with Crippen LogP contribution in [-0.2, 0) is 11.3 Å². The molecule has 3 aromatic carbocycles. The average Bonchev–Trinajstić information content (AvgIpc) is 2.95. The summed E-state index contributed by atoms with van der Waals surface area (Å²) in [7, 11) is 0. The lowest BCUT2D eigenvalue weighted by Crippen LogP contribution is -2.29. The van der Waals surface area contributed by atoms with Gasteiger partial charge in [0.25, 0.3) is 5.91 Å². The first-order chi connectivity index (χ1) is 13.9.